The van der Waals surface area contributed by atoms with Crippen molar-refractivity contribution >= 4 is 21.4 Å². The lowest BCUT2D eigenvalue weighted by Crippen LogP contribution is -2.48. The molecule has 2 aromatic heterocycles. The fourth-order valence-corrected chi connectivity index (χ4v) is 5.06. The first-order valence-electron chi connectivity index (χ1n) is 8.26. The normalized spacial score (nSPS) is 16.2. The maximum Gasteiger partial charge on any atom is 0.416 e. The summed E-state index contributed by atoms with van der Waals surface area (Å²) in [5.41, 5.74) is -0.892. The fraction of sp³-hybridized carbons (Fsp3) is 0.294. The van der Waals surface area contributed by atoms with Crippen molar-refractivity contribution in [2.24, 2.45) is 0 Å². The van der Waals surface area contributed by atoms with Gasteiger partial charge in [0.2, 0.25) is 15.9 Å². The van der Waals surface area contributed by atoms with Crippen LogP contribution in [0.3, 0.4) is 0 Å². The quantitative estimate of drug-likeness (QED) is 0.620. The molecule has 0 bridgehead atoms. The molecule has 4 rings (SSSR count). The zero-order valence-electron chi connectivity index (χ0n) is 14.3. The van der Waals surface area contributed by atoms with Gasteiger partial charge in [-0.05, 0) is 35.7 Å². The van der Waals surface area contributed by atoms with Crippen LogP contribution in [-0.2, 0) is 22.6 Å². The maximum absolute atomic E-state index is 12.6. The highest BCUT2D eigenvalue weighted by Crippen LogP contribution is 2.33. The molecule has 1 aromatic carbocycles. The van der Waals surface area contributed by atoms with Crippen molar-refractivity contribution in [1.82, 2.24) is 14.4 Å². The smallest absolute Gasteiger partial charge is 0.339 e. The van der Waals surface area contributed by atoms with Gasteiger partial charge in [0.05, 0.1) is 16.4 Å². The lowest BCUT2D eigenvalue weighted by atomic mass is 10.0. The Bertz CT molecular complexity index is 1060. The monoisotopic (exact) mass is 429 g/mol. The van der Waals surface area contributed by atoms with E-state index in [0.717, 1.165) is 29.1 Å². The lowest BCUT2D eigenvalue weighted by Gasteiger charge is -2.35. The van der Waals surface area contributed by atoms with Crippen molar-refractivity contribution in [3.05, 3.63) is 63.9 Å². The molecule has 0 amide bonds. The minimum Gasteiger partial charge on any atom is -0.339 e. The molecule has 1 saturated heterocycles. The molecule has 11 heteroatoms. The van der Waals surface area contributed by atoms with Crippen molar-refractivity contribution < 1.29 is 26.1 Å². The molecule has 3 aromatic rings. The van der Waals surface area contributed by atoms with E-state index in [2.05, 4.69) is 10.1 Å². The Morgan fingerprint density at radius 1 is 1.18 bits per heavy atom. The molecular formula is C17H14F3N3O3S2. The van der Waals surface area contributed by atoms with Crippen molar-refractivity contribution in [1.29, 1.82) is 0 Å². The number of rotatable bonds is 5. The molecule has 0 radical (unpaired) electrons. The predicted molar refractivity (Wildman–Crippen MR) is 94.4 cm³/mol. The summed E-state index contributed by atoms with van der Waals surface area (Å²) in [7, 11) is -3.86. The van der Waals surface area contributed by atoms with Gasteiger partial charge in [0.25, 0.3) is 0 Å². The zero-order chi connectivity index (χ0) is 19.9. The van der Waals surface area contributed by atoms with Crippen LogP contribution < -0.4 is 0 Å². The number of halogens is 3. The van der Waals surface area contributed by atoms with Crippen LogP contribution in [0.1, 0.15) is 28.1 Å². The molecule has 0 aliphatic carbocycles. The van der Waals surface area contributed by atoms with Crippen LogP contribution in [0.4, 0.5) is 13.2 Å². The number of benzene rings is 1. The lowest BCUT2D eigenvalue weighted by molar-refractivity contribution is -0.137. The van der Waals surface area contributed by atoms with E-state index in [1.807, 2.05) is 17.5 Å². The Morgan fingerprint density at radius 2 is 1.89 bits per heavy atom. The summed E-state index contributed by atoms with van der Waals surface area (Å²) in [6.45, 7) is 0.286. The van der Waals surface area contributed by atoms with Crippen molar-refractivity contribution in [3.8, 4) is 0 Å². The average Bonchev–Trinajstić information content (AvgIpc) is 3.25. The molecule has 0 saturated carbocycles. The number of sulfonamides is 1. The van der Waals surface area contributed by atoms with Gasteiger partial charge in [-0.15, -0.1) is 11.3 Å². The summed E-state index contributed by atoms with van der Waals surface area (Å²) >= 11 is 1.58. The number of alkyl halides is 3. The Labute approximate surface area is 162 Å². The summed E-state index contributed by atoms with van der Waals surface area (Å²) in [5, 5.41) is 5.87. The number of nitrogens with zero attached hydrogens (tertiary/aromatic N) is 3. The van der Waals surface area contributed by atoms with Gasteiger partial charge >= 0.3 is 6.18 Å². The molecule has 0 N–H and O–H groups in total. The second kappa shape index (κ2) is 6.98. The van der Waals surface area contributed by atoms with Gasteiger partial charge in [-0.2, -0.15) is 22.5 Å². The first kappa shape index (κ1) is 19.1. The van der Waals surface area contributed by atoms with E-state index >= 15 is 0 Å². The first-order chi connectivity index (χ1) is 13.2. The van der Waals surface area contributed by atoms with Gasteiger partial charge < -0.3 is 4.52 Å². The van der Waals surface area contributed by atoms with Gasteiger partial charge in [0.15, 0.2) is 5.82 Å². The van der Waals surface area contributed by atoms with E-state index in [1.165, 1.54) is 4.31 Å². The van der Waals surface area contributed by atoms with Crippen LogP contribution in [0, 0.1) is 0 Å². The van der Waals surface area contributed by atoms with E-state index in [4.69, 9.17) is 4.52 Å². The zero-order valence-corrected chi connectivity index (χ0v) is 15.9. The van der Waals surface area contributed by atoms with Crippen LogP contribution in [-0.4, -0.2) is 36.0 Å². The summed E-state index contributed by atoms with van der Waals surface area (Å²) in [5.74, 6) is 0.667. The van der Waals surface area contributed by atoms with Crippen LogP contribution in [0.2, 0.25) is 0 Å². The molecule has 6 nitrogen and oxygen atoms in total. The second-order valence-corrected chi connectivity index (χ2v) is 9.32. The molecule has 1 aliphatic rings. The van der Waals surface area contributed by atoms with Crippen LogP contribution in [0.15, 0.2) is 51.2 Å². The van der Waals surface area contributed by atoms with Crippen LogP contribution in [0.5, 0.6) is 0 Å². The molecule has 1 fully saturated rings. The first-order valence-corrected chi connectivity index (χ1v) is 10.6. The minimum absolute atomic E-state index is 0.143. The number of thiophene rings is 1. The highest BCUT2D eigenvalue weighted by atomic mass is 32.2. The topological polar surface area (TPSA) is 76.3 Å². The molecule has 0 atom stereocenters. The van der Waals surface area contributed by atoms with Gasteiger partial charge in [0.1, 0.15) is 0 Å². The molecule has 0 unspecified atom stereocenters. The standard InChI is InChI=1S/C17H14F3N3O3S2/c18-17(19,20)12-3-5-14(6-4-12)28(24,25)23-9-11(10-23)16-21-15(22-26-16)8-13-2-1-7-27-13/h1-7,11H,8-10H2. The van der Waals surface area contributed by atoms with E-state index in [1.54, 1.807) is 11.3 Å². The Hall–Kier alpha value is -2.24. The molecule has 1 aliphatic heterocycles. The summed E-state index contributed by atoms with van der Waals surface area (Å²) < 4.78 is 69.4. The molecule has 3 heterocycles. The van der Waals surface area contributed by atoms with Crippen molar-refractivity contribution in [2.75, 3.05) is 13.1 Å². The summed E-state index contributed by atoms with van der Waals surface area (Å²) in [6.07, 6.45) is -3.97. The van der Waals surface area contributed by atoms with Gasteiger partial charge in [-0.25, -0.2) is 8.42 Å². The van der Waals surface area contributed by atoms with Crippen LogP contribution >= 0.6 is 11.3 Å². The largest absolute Gasteiger partial charge is 0.416 e. The van der Waals surface area contributed by atoms with Crippen molar-refractivity contribution in [2.45, 2.75) is 23.4 Å². The predicted octanol–water partition coefficient (Wildman–Crippen LogP) is 3.53. The van der Waals surface area contributed by atoms with E-state index < -0.39 is 21.8 Å². The number of aromatic nitrogens is 2. The molecule has 148 valence electrons. The summed E-state index contributed by atoms with van der Waals surface area (Å²) in [6, 6.07) is 7.35. The van der Waals surface area contributed by atoms with Crippen molar-refractivity contribution in [3.63, 3.8) is 0 Å². The highest BCUT2D eigenvalue weighted by molar-refractivity contribution is 7.89. The third-order valence-corrected chi connectivity index (χ3v) is 7.14. The number of hydrogen-bond acceptors (Lipinski definition) is 6. The minimum atomic E-state index is -4.51. The molecule has 0 spiro atoms. The third kappa shape index (κ3) is 3.69. The number of hydrogen-bond donors (Lipinski definition) is 0. The Balaban J connectivity index is 1.41. The van der Waals surface area contributed by atoms with E-state index in [-0.39, 0.29) is 23.9 Å². The maximum atomic E-state index is 12.6. The van der Waals surface area contributed by atoms with Gasteiger partial charge in [-0.3, -0.25) is 0 Å². The highest BCUT2D eigenvalue weighted by Gasteiger charge is 2.40. The van der Waals surface area contributed by atoms with Gasteiger partial charge in [0, 0.05) is 24.4 Å². The second-order valence-electron chi connectivity index (χ2n) is 6.35. The molecular weight excluding hydrogens is 415 g/mol. The van der Waals surface area contributed by atoms with Crippen LogP contribution in [0.25, 0.3) is 0 Å². The fourth-order valence-electron chi connectivity index (χ4n) is 2.83. The summed E-state index contributed by atoms with van der Waals surface area (Å²) in [4.78, 5) is 5.23. The third-order valence-electron chi connectivity index (χ3n) is 4.41. The Morgan fingerprint density at radius 3 is 2.50 bits per heavy atom. The average molecular weight is 429 g/mol. The molecule has 28 heavy (non-hydrogen) atoms. The van der Waals surface area contributed by atoms with E-state index in [9.17, 15) is 21.6 Å². The SMILES string of the molecule is O=S(=O)(c1ccc(C(F)(F)F)cc1)N1CC(c2nc(Cc3cccs3)no2)C1. The Kier molecular flexibility index (Phi) is 4.76. The van der Waals surface area contributed by atoms with Gasteiger partial charge in [-0.1, -0.05) is 11.2 Å². The van der Waals surface area contributed by atoms with E-state index in [0.29, 0.717) is 18.1 Å².